The molecule has 21 heavy (non-hydrogen) atoms. The van der Waals surface area contributed by atoms with Crippen molar-refractivity contribution in [2.75, 3.05) is 17.3 Å². The largest absolute Gasteiger partial charge is 0.378 e. The number of aliphatic hydroxyl groups excluding tert-OH is 1. The van der Waals surface area contributed by atoms with Gasteiger partial charge in [-0.3, -0.25) is 4.79 Å². The van der Waals surface area contributed by atoms with Crippen molar-refractivity contribution >= 4 is 17.3 Å². The molecule has 2 aromatic carbocycles. The lowest BCUT2D eigenvalue weighted by Crippen LogP contribution is -2.16. The van der Waals surface area contributed by atoms with Crippen LogP contribution in [-0.2, 0) is 11.3 Å². The molecule has 1 aliphatic heterocycles. The van der Waals surface area contributed by atoms with Gasteiger partial charge in [0.15, 0.2) is 6.10 Å². The molecule has 3 rings (SSSR count). The molecular formula is C16H15FN2O2. The first kappa shape index (κ1) is 13.6. The van der Waals surface area contributed by atoms with Gasteiger partial charge < -0.3 is 15.3 Å². The van der Waals surface area contributed by atoms with Gasteiger partial charge >= 0.3 is 0 Å². The molecule has 108 valence electrons. The van der Waals surface area contributed by atoms with Gasteiger partial charge in [0.05, 0.1) is 0 Å². The van der Waals surface area contributed by atoms with Crippen LogP contribution in [0.25, 0.3) is 0 Å². The number of amides is 1. The number of benzene rings is 2. The maximum Gasteiger partial charge on any atom is 0.257 e. The maximum absolute atomic E-state index is 13.2. The number of nitrogens with one attached hydrogen (secondary N) is 1. The Balaban J connectivity index is 1.81. The summed E-state index contributed by atoms with van der Waals surface area (Å²) in [5.41, 5.74) is 2.95. The fraction of sp³-hybridized carbons (Fsp3) is 0.188. The molecule has 2 N–H and O–H groups in total. The molecule has 1 amide bonds. The Labute approximate surface area is 121 Å². The van der Waals surface area contributed by atoms with Gasteiger partial charge in [0.1, 0.15) is 5.82 Å². The number of halogens is 1. The quantitative estimate of drug-likeness (QED) is 0.911. The van der Waals surface area contributed by atoms with Gasteiger partial charge in [-0.1, -0.05) is 18.2 Å². The smallest absolute Gasteiger partial charge is 0.257 e. The second-order valence-corrected chi connectivity index (χ2v) is 5.15. The van der Waals surface area contributed by atoms with Crippen molar-refractivity contribution in [3.8, 4) is 0 Å². The molecule has 4 nitrogen and oxygen atoms in total. The average molecular weight is 286 g/mol. The second-order valence-electron chi connectivity index (χ2n) is 5.15. The topological polar surface area (TPSA) is 52.6 Å². The molecule has 0 bridgehead atoms. The third-order valence-electron chi connectivity index (χ3n) is 3.59. The van der Waals surface area contributed by atoms with Gasteiger partial charge in [-0.2, -0.15) is 0 Å². The number of carbonyl (C=O) groups is 1. The SMILES string of the molecule is CN(Cc1cccc(F)c1)c1ccc2c(c1)NC(=O)C2O. The van der Waals surface area contributed by atoms with Crippen molar-refractivity contribution in [2.45, 2.75) is 12.6 Å². The lowest BCUT2D eigenvalue weighted by Gasteiger charge is -2.20. The standard InChI is InChI=1S/C16H15FN2O2/c1-19(9-10-3-2-4-11(17)7-10)12-5-6-13-14(8-12)18-16(21)15(13)20/h2-8,15,20H,9H2,1H3,(H,18,21). The van der Waals surface area contributed by atoms with Crippen LogP contribution in [0, 0.1) is 5.82 Å². The number of anilines is 2. The van der Waals surface area contributed by atoms with Crippen LogP contribution in [0.2, 0.25) is 0 Å². The lowest BCUT2D eigenvalue weighted by atomic mass is 10.1. The Kier molecular flexibility index (Phi) is 3.35. The Morgan fingerprint density at radius 3 is 2.86 bits per heavy atom. The monoisotopic (exact) mass is 286 g/mol. The highest BCUT2D eigenvalue weighted by Crippen LogP contribution is 2.33. The zero-order valence-electron chi connectivity index (χ0n) is 11.5. The van der Waals surface area contributed by atoms with Crippen molar-refractivity contribution in [3.05, 3.63) is 59.4 Å². The molecule has 2 aromatic rings. The van der Waals surface area contributed by atoms with E-state index in [0.717, 1.165) is 11.3 Å². The van der Waals surface area contributed by atoms with E-state index in [0.29, 0.717) is 17.8 Å². The number of hydrogen-bond donors (Lipinski definition) is 2. The van der Waals surface area contributed by atoms with E-state index < -0.39 is 12.0 Å². The van der Waals surface area contributed by atoms with Crippen LogP contribution in [0.5, 0.6) is 0 Å². The van der Waals surface area contributed by atoms with E-state index in [9.17, 15) is 14.3 Å². The predicted octanol–water partition coefficient (Wildman–Crippen LogP) is 2.45. The number of nitrogens with zero attached hydrogens (tertiary/aromatic N) is 1. The van der Waals surface area contributed by atoms with Crippen LogP contribution in [0.15, 0.2) is 42.5 Å². The number of hydrogen-bond acceptors (Lipinski definition) is 3. The van der Waals surface area contributed by atoms with Crippen LogP contribution in [-0.4, -0.2) is 18.1 Å². The van der Waals surface area contributed by atoms with E-state index in [1.54, 1.807) is 12.1 Å². The zero-order valence-corrected chi connectivity index (χ0v) is 11.5. The minimum absolute atomic E-state index is 0.259. The van der Waals surface area contributed by atoms with E-state index in [4.69, 9.17) is 0 Å². The summed E-state index contributed by atoms with van der Waals surface area (Å²) >= 11 is 0. The summed E-state index contributed by atoms with van der Waals surface area (Å²) in [6.07, 6.45) is -1.09. The minimum Gasteiger partial charge on any atom is -0.378 e. The third-order valence-corrected chi connectivity index (χ3v) is 3.59. The third kappa shape index (κ3) is 2.60. The molecule has 0 radical (unpaired) electrons. The highest BCUT2D eigenvalue weighted by atomic mass is 19.1. The van der Waals surface area contributed by atoms with E-state index >= 15 is 0 Å². The summed E-state index contributed by atoms with van der Waals surface area (Å²) in [6.45, 7) is 0.549. The average Bonchev–Trinajstić information content (AvgIpc) is 2.73. The van der Waals surface area contributed by atoms with Gasteiger partial charge in [-0.25, -0.2) is 4.39 Å². The maximum atomic E-state index is 13.2. The molecule has 1 heterocycles. The van der Waals surface area contributed by atoms with Gasteiger partial charge in [0.2, 0.25) is 0 Å². The van der Waals surface area contributed by atoms with E-state index in [1.165, 1.54) is 12.1 Å². The van der Waals surface area contributed by atoms with Gasteiger partial charge in [-0.05, 0) is 29.8 Å². The summed E-state index contributed by atoms with van der Waals surface area (Å²) in [4.78, 5) is 13.4. The van der Waals surface area contributed by atoms with Crippen molar-refractivity contribution in [3.63, 3.8) is 0 Å². The number of rotatable bonds is 3. The molecule has 0 saturated carbocycles. The van der Waals surface area contributed by atoms with Crippen molar-refractivity contribution in [2.24, 2.45) is 0 Å². The lowest BCUT2D eigenvalue weighted by molar-refractivity contribution is -0.123. The van der Waals surface area contributed by atoms with Gasteiger partial charge in [0, 0.05) is 30.5 Å². The molecule has 5 heteroatoms. The van der Waals surface area contributed by atoms with E-state index in [-0.39, 0.29) is 5.82 Å². The Hall–Kier alpha value is -2.40. The molecule has 1 unspecified atom stereocenters. The number of fused-ring (bicyclic) bond motifs is 1. The number of carbonyl (C=O) groups excluding carboxylic acids is 1. The number of aliphatic hydroxyl groups is 1. The molecule has 0 aromatic heterocycles. The Bertz CT molecular complexity index is 702. The summed E-state index contributed by atoms with van der Waals surface area (Å²) < 4.78 is 13.2. The fourth-order valence-corrected chi connectivity index (χ4v) is 2.47. The van der Waals surface area contributed by atoms with Crippen LogP contribution in [0.1, 0.15) is 17.2 Å². The Morgan fingerprint density at radius 1 is 1.29 bits per heavy atom. The van der Waals surface area contributed by atoms with E-state index in [1.807, 2.05) is 30.1 Å². The fourth-order valence-electron chi connectivity index (χ4n) is 2.47. The Morgan fingerprint density at radius 2 is 2.10 bits per heavy atom. The summed E-state index contributed by atoms with van der Waals surface area (Å²) in [5.74, 6) is -0.667. The molecule has 0 spiro atoms. The highest BCUT2D eigenvalue weighted by molar-refractivity contribution is 6.02. The first-order valence-electron chi connectivity index (χ1n) is 6.63. The van der Waals surface area contributed by atoms with Crippen molar-refractivity contribution in [1.82, 2.24) is 0 Å². The summed E-state index contributed by atoms with van der Waals surface area (Å²) in [7, 11) is 1.89. The van der Waals surface area contributed by atoms with Crippen molar-refractivity contribution < 1.29 is 14.3 Å². The van der Waals surface area contributed by atoms with Crippen LogP contribution in [0.4, 0.5) is 15.8 Å². The first-order chi connectivity index (χ1) is 10.0. The molecule has 0 aliphatic carbocycles. The highest BCUT2D eigenvalue weighted by Gasteiger charge is 2.28. The van der Waals surface area contributed by atoms with Gasteiger partial charge in [-0.15, -0.1) is 0 Å². The first-order valence-corrected chi connectivity index (χ1v) is 6.63. The predicted molar refractivity (Wildman–Crippen MR) is 78.5 cm³/mol. The van der Waals surface area contributed by atoms with Gasteiger partial charge in [0.25, 0.3) is 5.91 Å². The summed E-state index contributed by atoms with van der Waals surface area (Å²) in [5, 5.41) is 12.3. The molecule has 0 saturated heterocycles. The van der Waals surface area contributed by atoms with Crippen LogP contribution in [0.3, 0.4) is 0 Å². The second kappa shape index (κ2) is 5.18. The summed E-state index contributed by atoms with van der Waals surface area (Å²) in [6, 6.07) is 11.8. The van der Waals surface area contributed by atoms with E-state index in [2.05, 4.69) is 5.32 Å². The van der Waals surface area contributed by atoms with Crippen LogP contribution < -0.4 is 10.2 Å². The minimum atomic E-state index is -1.09. The molecule has 1 atom stereocenters. The molecule has 1 aliphatic rings. The normalized spacial score (nSPS) is 16.5. The van der Waals surface area contributed by atoms with Crippen LogP contribution >= 0.6 is 0 Å². The molecule has 0 fully saturated rings. The molecular weight excluding hydrogens is 271 g/mol. The zero-order chi connectivity index (χ0) is 15.0. The van der Waals surface area contributed by atoms with Crippen molar-refractivity contribution in [1.29, 1.82) is 0 Å².